The molecule has 0 radical (unpaired) electrons. The number of amides is 2. The van der Waals surface area contributed by atoms with Gasteiger partial charge in [0.05, 0.1) is 13.2 Å². The van der Waals surface area contributed by atoms with Gasteiger partial charge < -0.3 is 20.1 Å². The summed E-state index contributed by atoms with van der Waals surface area (Å²) in [6.07, 6.45) is 1.55. The van der Waals surface area contributed by atoms with Crippen molar-refractivity contribution in [1.29, 1.82) is 0 Å². The summed E-state index contributed by atoms with van der Waals surface area (Å²) in [5.74, 6) is 0. The lowest BCUT2D eigenvalue weighted by Crippen LogP contribution is -2.26. The Morgan fingerprint density at radius 3 is 1.86 bits per heavy atom. The molecule has 1 aliphatic heterocycles. The summed E-state index contributed by atoms with van der Waals surface area (Å²) in [4.78, 5) is 23.0. The molecule has 114 valence electrons. The van der Waals surface area contributed by atoms with Gasteiger partial charge in [-0.3, -0.25) is 0 Å². The summed E-state index contributed by atoms with van der Waals surface area (Å²) in [5.41, 5.74) is 1.90. The summed E-state index contributed by atoms with van der Waals surface area (Å²) >= 11 is 0. The van der Waals surface area contributed by atoms with E-state index in [1.54, 1.807) is 0 Å². The summed E-state index contributed by atoms with van der Waals surface area (Å²) in [6.45, 7) is 1.55. The third-order valence-corrected chi connectivity index (χ3v) is 3.12. The summed E-state index contributed by atoms with van der Waals surface area (Å²) < 4.78 is 10.1. The van der Waals surface area contributed by atoms with Gasteiger partial charge in [-0.15, -0.1) is 0 Å². The Morgan fingerprint density at radius 1 is 0.810 bits per heavy atom. The molecule has 2 amide bonds. The Balaban J connectivity index is 1.97. The van der Waals surface area contributed by atoms with Crippen molar-refractivity contribution in [3.05, 3.63) is 35.4 Å². The largest absolute Gasteiger partial charge is 0.450 e. The molecule has 2 rings (SSSR count). The van der Waals surface area contributed by atoms with Gasteiger partial charge >= 0.3 is 12.2 Å². The molecule has 1 aromatic rings. The van der Waals surface area contributed by atoms with Crippen LogP contribution < -0.4 is 10.6 Å². The maximum atomic E-state index is 11.5. The van der Waals surface area contributed by atoms with Crippen LogP contribution in [-0.4, -0.2) is 25.4 Å². The van der Waals surface area contributed by atoms with E-state index in [-0.39, 0.29) is 0 Å². The number of hydrogen-bond donors (Lipinski definition) is 2. The Labute approximate surface area is 123 Å². The molecule has 0 spiro atoms. The number of ether oxygens (including phenoxy) is 2. The molecule has 0 aliphatic carbocycles. The molecule has 0 atom stereocenters. The lowest BCUT2D eigenvalue weighted by atomic mass is 10.1. The van der Waals surface area contributed by atoms with Gasteiger partial charge in [0.2, 0.25) is 0 Å². The van der Waals surface area contributed by atoms with E-state index in [2.05, 4.69) is 10.6 Å². The molecule has 6 heteroatoms. The Hall–Kier alpha value is -2.24. The number of benzene rings is 1. The molecule has 6 nitrogen and oxygen atoms in total. The second-order valence-corrected chi connectivity index (χ2v) is 4.86. The van der Waals surface area contributed by atoms with E-state index in [1.807, 2.05) is 24.3 Å². The van der Waals surface area contributed by atoms with E-state index in [9.17, 15) is 9.59 Å². The van der Waals surface area contributed by atoms with Gasteiger partial charge in [0.15, 0.2) is 0 Å². The lowest BCUT2D eigenvalue weighted by molar-refractivity contribution is 0.136. The predicted octanol–water partition coefficient (Wildman–Crippen LogP) is 2.32. The fraction of sp³-hybridized carbons (Fsp3) is 0.467. The van der Waals surface area contributed by atoms with Crippen LogP contribution in [0.4, 0.5) is 9.59 Å². The normalized spacial score (nSPS) is 17.9. The van der Waals surface area contributed by atoms with Gasteiger partial charge in [-0.05, 0) is 30.4 Å². The monoisotopic (exact) mass is 292 g/mol. The third-order valence-electron chi connectivity index (χ3n) is 3.12. The van der Waals surface area contributed by atoms with Crippen molar-refractivity contribution < 1.29 is 19.1 Å². The molecule has 0 fully saturated rings. The SMILES string of the molecule is O=C1NCc2cccc(c2)CNC(=O)OCCCCCO1. The minimum absolute atomic E-state index is 0.373. The maximum absolute atomic E-state index is 11.5. The third kappa shape index (κ3) is 5.72. The lowest BCUT2D eigenvalue weighted by Gasteiger charge is -2.11. The Morgan fingerprint density at radius 2 is 1.33 bits per heavy atom. The highest BCUT2D eigenvalue weighted by atomic mass is 16.6. The molecule has 0 saturated heterocycles. The van der Waals surface area contributed by atoms with Gasteiger partial charge in [-0.2, -0.15) is 0 Å². The molecular weight excluding hydrogens is 272 g/mol. The van der Waals surface area contributed by atoms with E-state index < -0.39 is 12.2 Å². The number of alkyl carbamates (subject to hydrolysis) is 2. The molecule has 2 N–H and O–H groups in total. The van der Waals surface area contributed by atoms with Crippen LogP contribution in [-0.2, 0) is 22.6 Å². The Bertz CT molecular complexity index is 451. The van der Waals surface area contributed by atoms with Gasteiger partial charge in [0.1, 0.15) is 0 Å². The fourth-order valence-corrected chi connectivity index (χ4v) is 2.01. The molecule has 2 bridgehead atoms. The fourth-order valence-electron chi connectivity index (χ4n) is 2.01. The molecule has 0 unspecified atom stereocenters. The van der Waals surface area contributed by atoms with Crippen molar-refractivity contribution in [2.24, 2.45) is 0 Å². The van der Waals surface area contributed by atoms with Crippen molar-refractivity contribution in [1.82, 2.24) is 10.6 Å². The number of carbonyl (C=O) groups is 2. The van der Waals surface area contributed by atoms with Crippen LogP contribution >= 0.6 is 0 Å². The van der Waals surface area contributed by atoms with Crippen LogP contribution in [0.5, 0.6) is 0 Å². The van der Waals surface area contributed by atoms with E-state index in [4.69, 9.17) is 9.47 Å². The van der Waals surface area contributed by atoms with Crippen molar-refractivity contribution in [2.75, 3.05) is 13.2 Å². The summed E-state index contributed by atoms with van der Waals surface area (Å²) in [5, 5.41) is 5.42. The van der Waals surface area contributed by atoms with Crippen LogP contribution in [0.15, 0.2) is 24.3 Å². The first-order valence-electron chi connectivity index (χ1n) is 7.13. The zero-order valence-corrected chi connectivity index (χ0v) is 11.9. The standard InChI is InChI=1S/C15H20N2O4/c18-14-16-10-12-5-4-6-13(9-12)11-17-15(19)21-8-3-1-2-7-20-14/h4-6,9H,1-3,7-8,10-11H2,(H,16,18)(H,17,19). The number of rotatable bonds is 0. The molecule has 1 aliphatic rings. The van der Waals surface area contributed by atoms with Gasteiger partial charge in [-0.1, -0.05) is 24.3 Å². The smallest absolute Gasteiger partial charge is 0.407 e. The first-order valence-corrected chi connectivity index (χ1v) is 7.13. The number of cyclic esters (lactones) is 2. The van der Waals surface area contributed by atoms with Gasteiger partial charge in [0, 0.05) is 13.1 Å². The molecular formula is C15H20N2O4. The molecule has 1 aromatic carbocycles. The molecule has 1 heterocycles. The van der Waals surface area contributed by atoms with Crippen LogP contribution in [0.25, 0.3) is 0 Å². The minimum Gasteiger partial charge on any atom is -0.450 e. The molecule has 21 heavy (non-hydrogen) atoms. The van der Waals surface area contributed by atoms with Crippen molar-refractivity contribution in [3.8, 4) is 0 Å². The summed E-state index contributed by atoms with van der Waals surface area (Å²) in [6, 6.07) is 7.62. The number of nitrogens with one attached hydrogen (secondary N) is 2. The highest BCUT2D eigenvalue weighted by Crippen LogP contribution is 2.06. The predicted molar refractivity (Wildman–Crippen MR) is 76.7 cm³/mol. The van der Waals surface area contributed by atoms with Crippen molar-refractivity contribution in [3.63, 3.8) is 0 Å². The quantitative estimate of drug-likeness (QED) is 0.769. The first-order chi connectivity index (χ1) is 10.2. The van der Waals surface area contributed by atoms with Gasteiger partial charge in [0.25, 0.3) is 0 Å². The average Bonchev–Trinajstić information content (AvgIpc) is 2.49. The van der Waals surface area contributed by atoms with Crippen LogP contribution in [0.1, 0.15) is 30.4 Å². The van der Waals surface area contributed by atoms with E-state index in [0.29, 0.717) is 26.3 Å². The van der Waals surface area contributed by atoms with Crippen molar-refractivity contribution >= 4 is 12.2 Å². The zero-order chi connectivity index (χ0) is 14.9. The molecule has 0 aromatic heterocycles. The topological polar surface area (TPSA) is 76.7 Å². The van der Waals surface area contributed by atoms with Crippen LogP contribution in [0, 0.1) is 0 Å². The van der Waals surface area contributed by atoms with E-state index in [1.165, 1.54) is 0 Å². The van der Waals surface area contributed by atoms with E-state index in [0.717, 1.165) is 30.4 Å². The van der Waals surface area contributed by atoms with Crippen LogP contribution in [0.3, 0.4) is 0 Å². The molecule has 0 saturated carbocycles. The minimum atomic E-state index is -0.406. The van der Waals surface area contributed by atoms with Crippen LogP contribution in [0.2, 0.25) is 0 Å². The maximum Gasteiger partial charge on any atom is 0.407 e. The zero-order valence-electron chi connectivity index (χ0n) is 11.9. The number of carbonyl (C=O) groups excluding carboxylic acids is 2. The highest BCUT2D eigenvalue weighted by molar-refractivity contribution is 5.67. The average molecular weight is 292 g/mol. The first kappa shape index (κ1) is 15.2. The van der Waals surface area contributed by atoms with Gasteiger partial charge in [-0.25, -0.2) is 9.59 Å². The number of hydrogen-bond acceptors (Lipinski definition) is 4. The second-order valence-electron chi connectivity index (χ2n) is 4.86. The highest BCUT2D eigenvalue weighted by Gasteiger charge is 2.06. The second kappa shape index (κ2) is 8.14. The Kier molecular flexibility index (Phi) is 5.87. The van der Waals surface area contributed by atoms with E-state index >= 15 is 0 Å². The summed E-state index contributed by atoms with van der Waals surface area (Å²) in [7, 11) is 0. The number of fused-ring (bicyclic) bond motifs is 2. The van der Waals surface area contributed by atoms with Crippen molar-refractivity contribution in [2.45, 2.75) is 32.4 Å².